The van der Waals surface area contributed by atoms with Crippen molar-refractivity contribution in [1.29, 1.82) is 0 Å². The van der Waals surface area contributed by atoms with Crippen molar-refractivity contribution in [3.63, 3.8) is 0 Å². The van der Waals surface area contributed by atoms with Gasteiger partial charge in [0.05, 0.1) is 11.1 Å². The zero-order valence-electron chi connectivity index (χ0n) is 12.4. The van der Waals surface area contributed by atoms with Gasteiger partial charge in [-0.2, -0.15) is 0 Å². The molecule has 1 aliphatic rings. The Bertz CT molecular complexity index is 773. The fourth-order valence-electron chi connectivity index (χ4n) is 2.82. The van der Waals surface area contributed by atoms with Gasteiger partial charge < -0.3 is 11.1 Å². The molecule has 2 aromatic heterocycles. The van der Waals surface area contributed by atoms with Crippen molar-refractivity contribution < 1.29 is 9.59 Å². The van der Waals surface area contributed by atoms with Gasteiger partial charge in [0.2, 0.25) is 0 Å². The Morgan fingerprint density at radius 3 is 2.78 bits per heavy atom. The van der Waals surface area contributed by atoms with Crippen LogP contribution in [0.2, 0.25) is 5.15 Å². The van der Waals surface area contributed by atoms with Crippen molar-refractivity contribution >= 4 is 39.8 Å². The van der Waals surface area contributed by atoms with Crippen molar-refractivity contribution in [2.45, 2.75) is 32.1 Å². The topological polar surface area (TPSA) is 85.1 Å². The molecule has 0 atom stereocenters. The third-order valence-corrected chi connectivity index (χ3v) is 5.41. The van der Waals surface area contributed by atoms with Gasteiger partial charge in [0, 0.05) is 11.1 Å². The van der Waals surface area contributed by atoms with Crippen molar-refractivity contribution in [1.82, 2.24) is 4.98 Å². The van der Waals surface area contributed by atoms with Crippen LogP contribution in [0.4, 0.5) is 5.00 Å². The minimum atomic E-state index is -0.503. The lowest BCUT2D eigenvalue weighted by atomic mass is 10.1. The van der Waals surface area contributed by atoms with E-state index < -0.39 is 5.91 Å². The number of carbonyl (C=O) groups is 2. The number of nitrogens with zero attached hydrogens (tertiary/aromatic N) is 1. The van der Waals surface area contributed by atoms with E-state index in [-0.39, 0.29) is 16.6 Å². The largest absolute Gasteiger partial charge is 0.365 e. The number of anilines is 1. The molecule has 2 aromatic rings. The molecule has 0 aromatic carbocycles. The van der Waals surface area contributed by atoms with Gasteiger partial charge in [-0.15, -0.1) is 11.3 Å². The number of hydrogen-bond acceptors (Lipinski definition) is 4. The third kappa shape index (κ3) is 3.23. The summed E-state index contributed by atoms with van der Waals surface area (Å²) in [5, 5.41) is 3.42. The quantitative estimate of drug-likeness (QED) is 0.657. The number of amides is 2. The maximum absolute atomic E-state index is 12.4. The summed E-state index contributed by atoms with van der Waals surface area (Å²) >= 11 is 7.39. The van der Waals surface area contributed by atoms with Crippen LogP contribution in [0.3, 0.4) is 0 Å². The Morgan fingerprint density at radius 1 is 1.26 bits per heavy atom. The standard InChI is InChI=1S/C16H16ClN3O2S/c17-13-10(6-4-8-19-13)15(22)20-16-12(14(18)21)9-5-2-1-3-7-11(9)23-16/h4,6,8H,1-3,5,7H2,(H2,18,21)(H,20,22). The number of nitrogens with two attached hydrogens (primary N) is 1. The summed E-state index contributed by atoms with van der Waals surface area (Å²) in [6.45, 7) is 0. The second-order valence-corrected chi connectivity index (χ2v) is 6.89. The minimum absolute atomic E-state index is 0.128. The molecule has 0 fully saturated rings. The Hall–Kier alpha value is -1.92. The van der Waals surface area contributed by atoms with Gasteiger partial charge in [-0.1, -0.05) is 18.0 Å². The van der Waals surface area contributed by atoms with E-state index in [0.29, 0.717) is 10.6 Å². The Morgan fingerprint density at radius 2 is 2.04 bits per heavy atom. The number of halogens is 1. The van der Waals surface area contributed by atoms with Crippen LogP contribution in [-0.2, 0) is 12.8 Å². The molecule has 0 radical (unpaired) electrons. The molecule has 3 rings (SSSR count). The molecule has 5 nitrogen and oxygen atoms in total. The lowest BCUT2D eigenvalue weighted by Crippen LogP contribution is -2.18. The van der Waals surface area contributed by atoms with E-state index in [0.717, 1.165) is 42.5 Å². The Balaban J connectivity index is 1.95. The summed E-state index contributed by atoms with van der Waals surface area (Å²) in [6.07, 6.45) is 6.53. The second-order valence-electron chi connectivity index (χ2n) is 5.43. The first-order chi connectivity index (χ1) is 11.1. The van der Waals surface area contributed by atoms with E-state index in [2.05, 4.69) is 10.3 Å². The lowest BCUT2D eigenvalue weighted by molar-refractivity contribution is 0.100. The number of pyridine rings is 1. The Labute approximate surface area is 142 Å². The number of carbonyl (C=O) groups excluding carboxylic acids is 2. The molecule has 2 amide bonds. The summed E-state index contributed by atoms with van der Waals surface area (Å²) in [4.78, 5) is 29.3. The molecule has 120 valence electrons. The van der Waals surface area contributed by atoms with Crippen LogP contribution in [0.5, 0.6) is 0 Å². The average molecular weight is 350 g/mol. The predicted molar refractivity (Wildman–Crippen MR) is 91.3 cm³/mol. The number of aromatic nitrogens is 1. The first-order valence-electron chi connectivity index (χ1n) is 7.44. The molecule has 0 spiro atoms. The van der Waals surface area contributed by atoms with Gasteiger partial charge in [-0.05, 0) is 43.4 Å². The lowest BCUT2D eigenvalue weighted by Gasteiger charge is -2.07. The van der Waals surface area contributed by atoms with Crippen LogP contribution >= 0.6 is 22.9 Å². The second kappa shape index (κ2) is 6.68. The smallest absolute Gasteiger partial charge is 0.259 e. The molecule has 2 heterocycles. The number of hydrogen-bond donors (Lipinski definition) is 2. The van der Waals surface area contributed by atoms with Gasteiger partial charge in [-0.25, -0.2) is 4.98 Å². The van der Waals surface area contributed by atoms with E-state index in [1.54, 1.807) is 12.1 Å². The van der Waals surface area contributed by atoms with Crippen molar-refractivity contribution in [3.8, 4) is 0 Å². The highest BCUT2D eigenvalue weighted by Gasteiger charge is 2.25. The van der Waals surface area contributed by atoms with Crippen molar-refractivity contribution in [2.24, 2.45) is 5.73 Å². The first-order valence-corrected chi connectivity index (χ1v) is 8.63. The van der Waals surface area contributed by atoms with Crippen LogP contribution in [0.1, 0.15) is 50.4 Å². The molecule has 0 unspecified atom stereocenters. The number of nitrogens with one attached hydrogen (secondary N) is 1. The third-order valence-electron chi connectivity index (χ3n) is 3.90. The molecule has 0 bridgehead atoms. The van der Waals surface area contributed by atoms with Gasteiger partial charge in [0.25, 0.3) is 11.8 Å². The summed E-state index contributed by atoms with van der Waals surface area (Å²) in [5.41, 5.74) is 7.27. The monoisotopic (exact) mass is 349 g/mol. The zero-order chi connectivity index (χ0) is 16.4. The molecule has 0 aliphatic heterocycles. The van der Waals surface area contributed by atoms with Crippen LogP contribution in [0, 0.1) is 0 Å². The maximum atomic E-state index is 12.4. The molecule has 3 N–H and O–H groups in total. The summed E-state index contributed by atoms with van der Waals surface area (Å²) in [5.74, 6) is -0.890. The fraction of sp³-hybridized carbons (Fsp3) is 0.312. The molecule has 1 aliphatic carbocycles. The highest BCUT2D eigenvalue weighted by atomic mass is 35.5. The van der Waals surface area contributed by atoms with E-state index in [1.165, 1.54) is 17.5 Å². The van der Waals surface area contributed by atoms with E-state index >= 15 is 0 Å². The van der Waals surface area contributed by atoms with E-state index in [1.807, 2.05) is 0 Å². The molecule has 7 heteroatoms. The minimum Gasteiger partial charge on any atom is -0.365 e. The van der Waals surface area contributed by atoms with Gasteiger partial charge in [-0.3, -0.25) is 9.59 Å². The van der Waals surface area contributed by atoms with Gasteiger partial charge >= 0.3 is 0 Å². The molecule has 23 heavy (non-hydrogen) atoms. The van der Waals surface area contributed by atoms with Crippen molar-refractivity contribution in [2.75, 3.05) is 5.32 Å². The number of fused-ring (bicyclic) bond motifs is 1. The molecular formula is C16H16ClN3O2S. The van der Waals surface area contributed by atoms with Crippen LogP contribution in [-0.4, -0.2) is 16.8 Å². The van der Waals surface area contributed by atoms with Crippen LogP contribution < -0.4 is 11.1 Å². The molecule has 0 saturated heterocycles. The molecular weight excluding hydrogens is 334 g/mol. The Kier molecular flexibility index (Phi) is 4.63. The predicted octanol–water partition coefficient (Wildman–Crippen LogP) is 3.42. The van der Waals surface area contributed by atoms with E-state index in [4.69, 9.17) is 17.3 Å². The fourth-order valence-corrected chi connectivity index (χ4v) is 4.31. The highest BCUT2D eigenvalue weighted by molar-refractivity contribution is 7.17. The van der Waals surface area contributed by atoms with Gasteiger partial charge in [0.1, 0.15) is 10.2 Å². The zero-order valence-corrected chi connectivity index (χ0v) is 14.0. The number of aryl methyl sites for hydroxylation is 1. The van der Waals surface area contributed by atoms with E-state index in [9.17, 15) is 9.59 Å². The summed E-state index contributed by atoms with van der Waals surface area (Å²) in [6, 6.07) is 3.23. The first kappa shape index (κ1) is 16.0. The number of thiophene rings is 1. The highest BCUT2D eigenvalue weighted by Crippen LogP contribution is 2.37. The maximum Gasteiger partial charge on any atom is 0.259 e. The molecule has 0 saturated carbocycles. The summed E-state index contributed by atoms with van der Waals surface area (Å²) in [7, 11) is 0. The number of primary amides is 1. The van der Waals surface area contributed by atoms with Crippen LogP contribution in [0.25, 0.3) is 0 Å². The normalized spacial score (nSPS) is 14.0. The SMILES string of the molecule is NC(=O)c1c(NC(=O)c2cccnc2Cl)sc2c1CCCCC2. The summed E-state index contributed by atoms with van der Waals surface area (Å²) < 4.78 is 0. The van der Waals surface area contributed by atoms with Crippen molar-refractivity contribution in [3.05, 3.63) is 45.1 Å². The average Bonchev–Trinajstić information content (AvgIpc) is 2.69. The van der Waals surface area contributed by atoms with Gasteiger partial charge in [0.15, 0.2) is 0 Å². The van der Waals surface area contributed by atoms with Crippen LogP contribution in [0.15, 0.2) is 18.3 Å². The number of rotatable bonds is 3.